The first-order valence-electron chi connectivity index (χ1n) is 27.7. The summed E-state index contributed by atoms with van der Waals surface area (Å²) in [5.74, 6) is 0. The number of nitrogens with zero attached hydrogens (tertiary/aromatic N) is 3. The van der Waals surface area contributed by atoms with Crippen LogP contribution in [0.1, 0.15) is 129 Å². The topological polar surface area (TPSA) is 24.6 Å². The summed E-state index contributed by atoms with van der Waals surface area (Å²) in [7, 11) is 0. The maximum absolute atomic E-state index is 9.76. The van der Waals surface area contributed by atoms with Crippen LogP contribution in [0.2, 0.25) is 0 Å². The van der Waals surface area contributed by atoms with Crippen molar-refractivity contribution in [1.82, 2.24) is 4.57 Å². The van der Waals surface area contributed by atoms with Crippen LogP contribution in [0.5, 0.6) is 0 Å². The van der Waals surface area contributed by atoms with Gasteiger partial charge in [0.2, 0.25) is 0 Å². The maximum Gasteiger partial charge on any atom is 0.252 e. The summed E-state index contributed by atoms with van der Waals surface area (Å²) in [6.07, 6.45) is 7.40. The molecule has 2 aliphatic carbocycles. The van der Waals surface area contributed by atoms with Crippen molar-refractivity contribution in [2.75, 3.05) is 9.80 Å². The van der Waals surface area contributed by atoms with Gasteiger partial charge in [0.25, 0.3) is 6.71 Å². The average Bonchev–Trinajstić information content (AvgIpc) is 4.01. The third-order valence-corrected chi connectivity index (χ3v) is 17.8. The zero-order chi connectivity index (χ0) is 50.4. The Balaban J connectivity index is 1.19. The van der Waals surface area contributed by atoms with E-state index in [4.69, 9.17) is 11.3 Å². The lowest BCUT2D eigenvalue weighted by Gasteiger charge is -2.53. The fourth-order valence-electron chi connectivity index (χ4n) is 14.2. The van der Waals surface area contributed by atoms with Crippen molar-refractivity contribution in [3.63, 3.8) is 0 Å². The first kappa shape index (κ1) is 28.9. The molecule has 0 amide bonds. The lowest BCUT2D eigenvalue weighted by atomic mass is 9.33. The van der Waals surface area contributed by atoms with Crippen molar-refractivity contribution in [2.24, 2.45) is 0 Å². The molecule has 0 radical (unpaired) electrons. The first-order chi connectivity index (χ1) is 34.1. The first-order valence-corrected chi connectivity index (χ1v) is 23.2. The number of furan rings is 1. The largest absolute Gasteiger partial charge is 0.454 e. The minimum atomic E-state index is -0.595. The van der Waals surface area contributed by atoms with Crippen molar-refractivity contribution >= 4 is 78.8 Å². The molecule has 4 unspecified atom stereocenters. The summed E-state index contributed by atoms with van der Waals surface area (Å²) in [6, 6.07) is 20.0. The summed E-state index contributed by atoms with van der Waals surface area (Å²) in [6.45, 7) is 15.7. The Morgan fingerprint density at radius 1 is 0.619 bits per heavy atom. The average molecular weight is 831 g/mol. The molecule has 0 spiro atoms. The fraction of sp³-hybridized carbons (Fsp3) is 0.345. The standard InChI is InChI=1S/C58H56BN3O/c1-54(2,3)37-31-40-50-44(32-37)59-43-30-36(35-19-9-8-10-20-35)29-42-52(43)62(58(7)28-18-16-26-56(42,58)5)47-34-38(61-45-23-13-12-22-41(45)55(4)25-15-17-27-57(55,61)6)33-46(49(47)59)60(50)51-39-21-11-14-24-48(39)63-53(40)51/h8-14,19-24,29-34H,15-18,25-28H2,1-7H3/i8D,9D,10D,12D,13D,19D,20D,22D,23D. The molecule has 4 nitrogen and oxygen atoms in total. The molecule has 8 aromatic rings. The van der Waals surface area contributed by atoms with Crippen LogP contribution < -0.4 is 26.2 Å². The van der Waals surface area contributed by atoms with Crippen LogP contribution in [-0.2, 0) is 16.2 Å². The van der Waals surface area contributed by atoms with E-state index in [0.717, 1.165) is 135 Å². The highest BCUT2D eigenvalue weighted by Crippen LogP contribution is 2.64. The summed E-state index contributed by atoms with van der Waals surface area (Å²) in [4.78, 5) is 4.95. The molecule has 6 aromatic carbocycles. The molecule has 0 N–H and O–H groups in total. The second kappa shape index (κ2) is 11.7. The number of benzene rings is 6. The summed E-state index contributed by atoms with van der Waals surface area (Å²) >= 11 is 0. The van der Waals surface area contributed by atoms with Gasteiger partial charge in [-0.25, -0.2) is 0 Å². The minimum absolute atomic E-state index is 0.0143. The molecule has 14 rings (SSSR count). The Morgan fingerprint density at radius 2 is 1.30 bits per heavy atom. The zero-order valence-corrected chi connectivity index (χ0v) is 37.3. The van der Waals surface area contributed by atoms with E-state index in [1.165, 1.54) is 0 Å². The van der Waals surface area contributed by atoms with Gasteiger partial charge in [0.05, 0.1) is 28.9 Å². The van der Waals surface area contributed by atoms with Gasteiger partial charge in [-0.2, -0.15) is 0 Å². The highest BCUT2D eigenvalue weighted by atomic mass is 16.3. The van der Waals surface area contributed by atoms with Gasteiger partial charge in [0.1, 0.15) is 11.1 Å². The number of anilines is 4. The molecule has 4 aliphatic heterocycles. The normalized spacial score (nSPS) is 28.3. The van der Waals surface area contributed by atoms with Gasteiger partial charge in [-0.15, -0.1) is 0 Å². The molecule has 0 saturated heterocycles. The van der Waals surface area contributed by atoms with Crippen LogP contribution in [0, 0.1) is 0 Å². The van der Waals surface area contributed by atoms with Gasteiger partial charge >= 0.3 is 0 Å². The Morgan fingerprint density at radius 3 is 2.08 bits per heavy atom. The van der Waals surface area contributed by atoms with Crippen LogP contribution in [0.15, 0.2) is 119 Å². The highest BCUT2D eigenvalue weighted by Gasteiger charge is 2.62. The summed E-state index contributed by atoms with van der Waals surface area (Å²) in [5.41, 5.74) is 13.0. The van der Waals surface area contributed by atoms with Gasteiger partial charge in [0.15, 0.2) is 5.58 Å². The van der Waals surface area contributed by atoms with E-state index in [1.807, 2.05) is 12.1 Å². The minimum Gasteiger partial charge on any atom is -0.454 e. The molecule has 4 atom stereocenters. The molecule has 6 aliphatic rings. The summed E-state index contributed by atoms with van der Waals surface area (Å²) < 4.78 is 91.8. The van der Waals surface area contributed by atoms with E-state index in [-0.39, 0.29) is 66.0 Å². The molecule has 2 aromatic heterocycles. The smallest absolute Gasteiger partial charge is 0.252 e. The predicted molar refractivity (Wildman–Crippen MR) is 265 cm³/mol. The van der Waals surface area contributed by atoms with Gasteiger partial charge in [0, 0.05) is 50.0 Å². The number of fused-ring (bicyclic) bond motifs is 15. The number of para-hydroxylation sites is 2. The Bertz CT molecular complexity index is 3840. The second-order valence-corrected chi connectivity index (χ2v) is 21.6. The number of hydrogen-bond donors (Lipinski definition) is 0. The van der Waals surface area contributed by atoms with Crippen molar-refractivity contribution in [2.45, 2.75) is 127 Å². The quantitative estimate of drug-likeness (QED) is 0.162. The highest BCUT2D eigenvalue weighted by molar-refractivity contribution is 7.00. The maximum atomic E-state index is 9.76. The van der Waals surface area contributed by atoms with Crippen molar-refractivity contribution < 1.29 is 16.8 Å². The van der Waals surface area contributed by atoms with Crippen molar-refractivity contribution in [3.8, 4) is 16.8 Å². The van der Waals surface area contributed by atoms with Gasteiger partial charge < -0.3 is 18.8 Å². The summed E-state index contributed by atoms with van der Waals surface area (Å²) in [5, 5.41) is 1.99. The monoisotopic (exact) mass is 831 g/mol. The molecular formula is C58H56BN3O. The lowest BCUT2D eigenvalue weighted by molar-refractivity contribution is 0.194. The molecular weight excluding hydrogens is 765 g/mol. The van der Waals surface area contributed by atoms with E-state index >= 15 is 0 Å². The Kier molecular flexibility index (Phi) is 5.37. The Hall–Kier alpha value is -5.68. The van der Waals surface area contributed by atoms with Crippen LogP contribution in [-0.4, -0.2) is 22.4 Å². The van der Waals surface area contributed by atoms with Gasteiger partial charge in [-0.3, -0.25) is 0 Å². The fourth-order valence-corrected chi connectivity index (χ4v) is 14.2. The van der Waals surface area contributed by atoms with E-state index in [2.05, 4.69) is 111 Å². The van der Waals surface area contributed by atoms with Crippen molar-refractivity contribution in [3.05, 3.63) is 132 Å². The Labute approximate surface area is 384 Å². The SMILES string of the molecule is [2H]c1c([2H])c([2H])c(-c2cc3c4c(c2)C2(C)CCCCC2(C)N4c2cc(N4c5c([2H])c([2H])c([2H])c([2H])c5C5(C)CCCCC45C)cc4c2B3c2cc(C(C)(C)C)cc3c5oc6ccccc6c5n-4c23)c([2H])c1[2H]. The van der Waals surface area contributed by atoms with E-state index < -0.39 is 28.0 Å². The number of aromatic nitrogens is 1. The molecule has 63 heavy (non-hydrogen) atoms. The molecule has 5 heteroatoms. The van der Waals surface area contributed by atoms with E-state index in [9.17, 15) is 5.48 Å². The molecule has 0 bridgehead atoms. The number of rotatable bonds is 2. The van der Waals surface area contributed by atoms with E-state index in [1.54, 1.807) is 0 Å². The number of hydrogen-bond acceptors (Lipinski definition) is 3. The van der Waals surface area contributed by atoms with E-state index in [0.29, 0.717) is 16.8 Å². The second-order valence-electron chi connectivity index (χ2n) is 21.6. The third-order valence-electron chi connectivity index (χ3n) is 17.8. The third kappa shape index (κ3) is 4.23. The van der Waals surface area contributed by atoms with Gasteiger partial charge in [-0.1, -0.05) is 133 Å². The van der Waals surface area contributed by atoms with Gasteiger partial charge in [-0.05, 0) is 132 Å². The molecule has 2 fully saturated rings. The molecule has 2 saturated carbocycles. The van der Waals surface area contributed by atoms with Crippen LogP contribution >= 0.6 is 0 Å². The molecule has 312 valence electrons. The lowest BCUT2D eigenvalue weighted by Crippen LogP contribution is -2.64. The van der Waals surface area contributed by atoms with Crippen LogP contribution in [0.3, 0.4) is 0 Å². The van der Waals surface area contributed by atoms with Crippen molar-refractivity contribution in [1.29, 1.82) is 0 Å². The molecule has 6 heterocycles. The van der Waals surface area contributed by atoms with Crippen LogP contribution in [0.25, 0.3) is 49.8 Å². The predicted octanol–water partition coefficient (Wildman–Crippen LogP) is 13.1. The zero-order valence-electron chi connectivity index (χ0n) is 46.3. The van der Waals surface area contributed by atoms with Crippen LogP contribution in [0.4, 0.5) is 22.7 Å².